The molecule has 1 aromatic heterocycles. The fraction of sp³-hybridized carbons (Fsp3) is 0.231. The average molecular weight is 265 g/mol. The van der Waals surface area contributed by atoms with Crippen molar-refractivity contribution in [3.8, 4) is 0 Å². The van der Waals surface area contributed by atoms with Gasteiger partial charge in [-0.05, 0) is 31.5 Å². The second-order valence-electron chi connectivity index (χ2n) is 3.80. The number of aryl methyl sites for hydroxylation is 2. The fourth-order valence-electron chi connectivity index (χ4n) is 1.51. The third-order valence-electron chi connectivity index (χ3n) is 2.32. The lowest BCUT2D eigenvalue weighted by atomic mass is 10.2. The first-order chi connectivity index (χ1) is 8.15. The molecule has 17 heavy (non-hydrogen) atoms. The second-order valence-corrected chi connectivity index (χ2v) is 5.21. The molecule has 0 spiro atoms. The van der Waals surface area contributed by atoms with Crippen molar-refractivity contribution in [3.05, 3.63) is 52.6 Å². The van der Waals surface area contributed by atoms with Crippen molar-refractivity contribution in [1.29, 1.82) is 0 Å². The van der Waals surface area contributed by atoms with Gasteiger partial charge in [0.1, 0.15) is 11.0 Å². The molecule has 4 heteroatoms. The normalized spacial score (nSPS) is 10.5. The molecule has 0 saturated carbocycles. The summed E-state index contributed by atoms with van der Waals surface area (Å²) in [5.74, 6) is 1.52. The van der Waals surface area contributed by atoms with Gasteiger partial charge in [-0.3, -0.25) is 0 Å². The Morgan fingerprint density at radius 3 is 2.65 bits per heavy atom. The molecule has 0 aliphatic rings. The molecule has 0 saturated heterocycles. The largest absolute Gasteiger partial charge is 0.237 e. The maximum absolute atomic E-state index is 5.90. The number of benzene rings is 1. The highest BCUT2D eigenvalue weighted by molar-refractivity contribution is 7.98. The second kappa shape index (κ2) is 5.52. The van der Waals surface area contributed by atoms with E-state index >= 15 is 0 Å². The van der Waals surface area contributed by atoms with Gasteiger partial charge in [0, 0.05) is 10.6 Å². The first-order valence-corrected chi connectivity index (χ1v) is 6.70. The van der Waals surface area contributed by atoms with Crippen molar-refractivity contribution in [2.45, 2.75) is 24.5 Å². The smallest absolute Gasteiger partial charge is 0.140 e. The van der Waals surface area contributed by atoms with Gasteiger partial charge >= 0.3 is 0 Å². The monoisotopic (exact) mass is 264 g/mol. The molecule has 2 rings (SSSR count). The third kappa shape index (κ3) is 3.45. The molecular formula is C13H13ClN2S. The molecule has 1 aromatic carbocycles. The summed E-state index contributed by atoms with van der Waals surface area (Å²) in [5.41, 5.74) is 2.18. The highest BCUT2D eigenvalue weighted by atomic mass is 35.5. The highest BCUT2D eigenvalue weighted by Gasteiger charge is 2.03. The molecule has 0 radical (unpaired) electrons. The van der Waals surface area contributed by atoms with E-state index in [1.165, 1.54) is 10.5 Å². The van der Waals surface area contributed by atoms with Crippen LogP contribution in [0.1, 0.15) is 17.1 Å². The van der Waals surface area contributed by atoms with Crippen LogP contribution in [0.3, 0.4) is 0 Å². The Kier molecular flexibility index (Phi) is 4.02. The van der Waals surface area contributed by atoms with E-state index in [0.29, 0.717) is 5.15 Å². The molecule has 0 unspecified atom stereocenters. The van der Waals surface area contributed by atoms with Gasteiger partial charge in [-0.2, -0.15) is 0 Å². The summed E-state index contributed by atoms with van der Waals surface area (Å²) in [4.78, 5) is 9.83. The lowest BCUT2D eigenvalue weighted by Gasteiger charge is -2.05. The highest BCUT2D eigenvalue weighted by Crippen LogP contribution is 2.24. The van der Waals surface area contributed by atoms with E-state index in [9.17, 15) is 0 Å². The van der Waals surface area contributed by atoms with Crippen molar-refractivity contribution in [1.82, 2.24) is 9.97 Å². The number of halogens is 1. The Morgan fingerprint density at radius 2 is 1.94 bits per heavy atom. The van der Waals surface area contributed by atoms with Gasteiger partial charge < -0.3 is 0 Å². The maximum Gasteiger partial charge on any atom is 0.140 e. The summed E-state index contributed by atoms with van der Waals surface area (Å²) in [6.07, 6.45) is 0. The molecule has 0 bridgehead atoms. The summed E-state index contributed by atoms with van der Waals surface area (Å²) in [5, 5.41) is 0.512. The topological polar surface area (TPSA) is 25.8 Å². The molecule has 0 aliphatic carbocycles. The molecule has 0 atom stereocenters. The molecule has 0 N–H and O–H groups in total. The zero-order chi connectivity index (χ0) is 12.3. The van der Waals surface area contributed by atoms with E-state index in [0.717, 1.165) is 17.3 Å². The lowest BCUT2D eigenvalue weighted by molar-refractivity contribution is 0.995. The van der Waals surface area contributed by atoms with Crippen LogP contribution in [0, 0.1) is 13.8 Å². The quantitative estimate of drug-likeness (QED) is 0.618. The number of rotatable bonds is 3. The zero-order valence-electron chi connectivity index (χ0n) is 9.77. The van der Waals surface area contributed by atoms with E-state index in [1.807, 2.05) is 19.1 Å². The molecule has 2 aromatic rings. The van der Waals surface area contributed by atoms with E-state index in [1.54, 1.807) is 17.8 Å². The van der Waals surface area contributed by atoms with Gasteiger partial charge in [0.15, 0.2) is 0 Å². The first-order valence-electron chi connectivity index (χ1n) is 5.33. The molecular weight excluding hydrogens is 252 g/mol. The van der Waals surface area contributed by atoms with Crippen LogP contribution in [-0.4, -0.2) is 9.97 Å². The van der Waals surface area contributed by atoms with Crippen LogP contribution in [0.15, 0.2) is 35.2 Å². The maximum atomic E-state index is 5.90. The third-order valence-corrected chi connectivity index (χ3v) is 3.68. The molecule has 1 heterocycles. The summed E-state index contributed by atoms with van der Waals surface area (Å²) < 4.78 is 0. The van der Waals surface area contributed by atoms with Gasteiger partial charge in [0.2, 0.25) is 0 Å². The van der Waals surface area contributed by atoms with Gasteiger partial charge in [0.25, 0.3) is 0 Å². The number of hydrogen-bond donors (Lipinski definition) is 0. The summed E-state index contributed by atoms with van der Waals surface area (Å²) >= 11 is 7.64. The minimum absolute atomic E-state index is 0.512. The van der Waals surface area contributed by atoms with E-state index < -0.39 is 0 Å². The minimum atomic E-state index is 0.512. The van der Waals surface area contributed by atoms with E-state index in [4.69, 9.17) is 11.6 Å². The van der Waals surface area contributed by atoms with Crippen molar-refractivity contribution < 1.29 is 0 Å². The predicted octanol–water partition coefficient (Wildman–Crippen LogP) is 4.04. The van der Waals surface area contributed by atoms with Crippen molar-refractivity contribution in [3.63, 3.8) is 0 Å². The van der Waals surface area contributed by atoms with Gasteiger partial charge in [-0.1, -0.05) is 29.8 Å². The Morgan fingerprint density at radius 1 is 1.18 bits per heavy atom. The van der Waals surface area contributed by atoms with Gasteiger partial charge in [-0.15, -0.1) is 11.8 Å². The molecule has 0 fully saturated rings. The van der Waals surface area contributed by atoms with Gasteiger partial charge in [-0.25, -0.2) is 9.97 Å². The first kappa shape index (κ1) is 12.4. The Balaban J connectivity index is 2.10. The standard InChI is InChI=1S/C13H13ClN2S/c1-9-5-3-4-6-11(9)17-8-13-15-10(2)7-12(14)16-13/h3-7H,8H2,1-2H3. The Hall–Kier alpha value is -1.06. The van der Waals surface area contributed by atoms with Crippen LogP contribution in [0.25, 0.3) is 0 Å². The van der Waals surface area contributed by atoms with Crippen LogP contribution >= 0.6 is 23.4 Å². The molecule has 0 aliphatic heterocycles. The van der Waals surface area contributed by atoms with Crippen LogP contribution in [0.2, 0.25) is 5.15 Å². The SMILES string of the molecule is Cc1cc(Cl)nc(CSc2ccccc2C)n1. The summed E-state index contributed by atoms with van der Waals surface area (Å²) in [6, 6.07) is 10.1. The Labute approximate surface area is 110 Å². The number of thioether (sulfide) groups is 1. The molecule has 88 valence electrons. The number of hydrogen-bond acceptors (Lipinski definition) is 3. The summed E-state index contributed by atoms with van der Waals surface area (Å²) in [6.45, 7) is 4.03. The Bertz CT molecular complexity index is 508. The fourth-order valence-corrected chi connectivity index (χ4v) is 2.65. The lowest BCUT2D eigenvalue weighted by Crippen LogP contribution is -1.95. The zero-order valence-corrected chi connectivity index (χ0v) is 11.3. The summed E-state index contributed by atoms with van der Waals surface area (Å²) in [7, 11) is 0. The van der Waals surface area contributed by atoms with Gasteiger partial charge in [0.05, 0.1) is 5.75 Å². The van der Waals surface area contributed by atoms with Crippen LogP contribution in [-0.2, 0) is 5.75 Å². The average Bonchev–Trinajstić information content (AvgIpc) is 2.27. The van der Waals surface area contributed by atoms with Crippen LogP contribution in [0.4, 0.5) is 0 Å². The number of aromatic nitrogens is 2. The molecule has 0 amide bonds. The minimum Gasteiger partial charge on any atom is -0.237 e. The van der Waals surface area contributed by atoms with Crippen molar-refractivity contribution in [2.75, 3.05) is 0 Å². The van der Waals surface area contributed by atoms with Crippen LogP contribution < -0.4 is 0 Å². The van der Waals surface area contributed by atoms with E-state index in [2.05, 4.69) is 29.0 Å². The number of nitrogens with zero attached hydrogens (tertiary/aromatic N) is 2. The molecule has 2 nitrogen and oxygen atoms in total. The van der Waals surface area contributed by atoms with Crippen LogP contribution in [0.5, 0.6) is 0 Å². The predicted molar refractivity (Wildman–Crippen MR) is 72.5 cm³/mol. The van der Waals surface area contributed by atoms with E-state index in [-0.39, 0.29) is 0 Å². The van der Waals surface area contributed by atoms with Crippen molar-refractivity contribution in [2.24, 2.45) is 0 Å². The van der Waals surface area contributed by atoms with Crippen molar-refractivity contribution >= 4 is 23.4 Å².